The summed E-state index contributed by atoms with van der Waals surface area (Å²) in [4.78, 5) is 9.35. The second-order valence-corrected chi connectivity index (χ2v) is 6.51. The maximum Gasteiger partial charge on any atom is 0.160 e. The number of rotatable bonds is 7. The minimum atomic E-state index is -0.0774. The van der Waals surface area contributed by atoms with Crippen molar-refractivity contribution in [1.82, 2.24) is 9.97 Å². The van der Waals surface area contributed by atoms with E-state index in [4.69, 9.17) is 9.72 Å². The molecule has 0 aliphatic rings. The molecule has 1 heterocycles. The third-order valence-corrected chi connectivity index (χ3v) is 3.83. The molecule has 4 nitrogen and oxygen atoms in total. The van der Waals surface area contributed by atoms with E-state index >= 15 is 0 Å². The van der Waals surface area contributed by atoms with Gasteiger partial charge in [-0.2, -0.15) is 0 Å². The summed E-state index contributed by atoms with van der Waals surface area (Å²) in [7, 11) is 1.71. The maximum atomic E-state index is 5.56. The summed E-state index contributed by atoms with van der Waals surface area (Å²) in [5, 5.41) is 3.29. The van der Waals surface area contributed by atoms with Crippen LogP contribution in [0.15, 0.2) is 4.47 Å². The van der Waals surface area contributed by atoms with Gasteiger partial charge in [-0.25, -0.2) is 9.97 Å². The van der Waals surface area contributed by atoms with E-state index in [1.807, 2.05) is 0 Å². The molecule has 0 bridgehead atoms. The van der Waals surface area contributed by atoms with Crippen LogP contribution >= 0.6 is 15.9 Å². The molecule has 0 saturated carbocycles. The molecule has 1 aromatic rings. The predicted octanol–water partition coefficient (Wildman–Crippen LogP) is 4.21. The summed E-state index contributed by atoms with van der Waals surface area (Å²) in [6.07, 6.45) is 0.842. The fraction of sp³-hybridized carbons (Fsp3) is 0.733. The van der Waals surface area contributed by atoms with Crippen LogP contribution in [0.4, 0.5) is 5.82 Å². The molecule has 0 radical (unpaired) electrons. The fourth-order valence-electron chi connectivity index (χ4n) is 2.12. The quantitative estimate of drug-likeness (QED) is 0.805. The molecule has 20 heavy (non-hydrogen) atoms. The van der Waals surface area contributed by atoms with Gasteiger partial charge in [-0.3, -0.25) is 0 Å². The lowest BCUT2D eigenvalue weighted by Gasteiger charge is -2.21. The van der Waals surface area contributed by atoms with E-state index in [1.165, 1.54) is 0 Å². The van der Waals surface area contributed by atoms with Crippen molar-refractivity contribution in [1.29, 1.82) is 0 Å². The molecule has 1 atom stereocenters. The van der Waals surface area contributed by atoms with Crippen LogP contribution in [0, 0.1) is 11.8 Å². The summed E-state index contributed by atoms with van der Waals surface area (Å²) in [5.74, 6) is 2.50. The predicted molar refractivity (Wildman–Crippen MR) is 87.0 cm³/mol. The van der Waals surface area contributed by atoms with Gasteiger partial charge in [-0.15, -0.1) is 0 Å². The molecular weight excluding hydrogens is 318 g/mol. The lowest BCUT2D eigenvalue weighted by Crippen LogP contribution is -2.17. The molecule has 0 amide bonds. The number of halogens is 1. The average Bonchev–Trinajstić information content (AvgIpc) is 2.34. The molecule has 1 unspecified atom stereocenters. The monoisotopic (exact) mass is 343 g/mol. The van der Waals surface area contributed by atoms with Crippen molar-refractivity contribution in [3.63, 3.8) is 0 Å². The number of methoxy groups -OCH3 is 1. The fourth-order valence-corrected chi connectivity index (χ4v) is 2.60. The Labute approximate surface area is 130 Å². The Morgan fingerprint density at radius 1 is 1.20 bits per heavy atom. The molecule has 1 N–H and O–H groups in total. The van der Waals surface area contributed by atoms with Gasteiger partial charge in [0.15, 0.2) is 5.82 Å². The van der Waals surface area contributed by atoms with E-state index in [0.29, 0.717) is 11.8 Å². The highest BCUT2D eigenvalue weighted by Crippen LogP contribution is 2.30. The Balaban J connectivity index is 3.27. The summed E-state index contributed by atoms with van der Waals surface area (Å²) in [6, 6.07) is 0. The largest absolute Gasteiger partial charge is 0.373 e. The summed E-state index contributed by atoms with van der Waals surface area (Å²) >= 11 is 3.62. The van der Waals surface area contributed by atoms with E-state index < -0.39 is 0 Å². The third-order valence-electron chi connectivity index (χ3n) is 3.00. The lowest BCUT2D eigenvalue weighted by molar-refractivity contribution is 0.0573. The van der Waals surface area contributed by atoms with Crippen molar-refractivity contribution in [2.24, 2.45) is 11.8 Å². The SMILES string of the molecule is CCNc1nc(C(OC)C(C)C)nc(CC(C)C)c1Br. The van der Waals surface area contributed by atoms with Gasteiger partial charge in [0.2, 0.25) is 0 Å². The number of ether oxygens (including phenoxy) is 1. The van der Waals surface area contributed by atoms with Gasteiger partial charge >= 0.3 is 0 Å². The first-order chi connectivity index (χ1) is 9.40. The van der Waals surface area contributed by atoms with Gasteiger partial charge in [-0.1, -0.05) is 27.7 Å². The molecule has 0 aliphatic carbocycles. The molecule has 0 saturated heterocycles. The highest BCUT2D eigenvalue weighted by atomic mass is 79.9. The van der Waals surface area contributed by atoms with Crippen molar-refractivity contribution >= 4 is 21.7 Å². The zero-order valence-electron chi connectivity index (χ0n) is 13.3. The molecule has 114 valence electrons. The standard InChI is InChI=1S/C15H26BrN3O/c1-7-17-14-12(16)11(8-9(2)3)18-15(19-14)13(20-6)10(4)5/h9-10,13H,7-8H2,1-6H3,(H,17,18,19). The van der Waals surface area contributed by atoms with E-state index in [2.05, 4.69) is 60.8 Å². The van der Waals surface area contributed by atoms with E-state index in [0.717, 1.165) is 34.8 Å². The van der Waals surface area contributed by atoms with Crippen molar-refractivity contribution in [3.05, 3.63) is 16.0 Å². The van der Waals surface area contributed by atoms with Crippen LogP contribution in [0.1, 0.15) is 52.2 Å². The second-order valence-electron chi connectivity index (χ2n) is 5.72. The Morgan fingerprint density at radius 2 is 1.85 bits per heavy atom. The first kappa shape index (κ1) is 17.4. The van der Waals surface area contributed by atoms with Gasteiger partial charge in [0.1, 0.15) is 11.9 Å². The molecule has 0 fully saturated rings. The highest BCUT2D eigenvalue weighted by Gasteiger charge is 2.22. The van der Waals surface area contributed by atoms with Gasteiger partial charge in [0.25, 0.3) is 0 Å². The van der Waals surface area contributed by atoms with Gasteiger partial charge in [0, 0.05) is 13.7 Å². The topological polar surface area (TPSA) is 47.0 Å². The normalized spacial score (nSPS) is 13.1. The number of nitrogens with one attached hydrogen (secondary N) is 1. The molecule has 0 aromatic carbocycles. The van der Waals surface area contributed by atoms with Crippen LogP contribution in [-0.2, 0) is 11.2 Å². The number of hydrogen-bond donors (Lipinski definition) is 1. The van der Waals surface area contributed by atoms with Crippen LogP contribution in [0.25, 0.3) is 0 Å². The van der Waals surface area contributed by atoms with Crippen molar-refractivity contribution in [2.75, 3.05) is 19.0 Å². The number of nitrogens with zero attached hydrogens (tertiary/aromatic N) is 2. The van der Waals surface area contributed by atoms with Crippen LogP contribution in [-0.4, -0.2) is 23.6 Å². The molecule has 5 heteroatoms. The van der Waals surface area contributed by atoms with E-state index in [9.17, 15) is 0 Å². The van der Waals surface area contributed by atoms with Crippen LogP contribution in [0.3, 0.4) is 0 Å². The molecule has 0 aliphatic heterocycles. The van der Waals surface area contributed by atoms with Gasteiger partial charge < -0.3 is 10.1 Å². The van der Waals surface area contributed by atoms with E-state index in [-0.39, 0.29) is 6.10 Å². The minimum absolute atomic E-state index is 0.0774. The van der Waals surface area contributed by atoms with Crippen LogP contribution < -0.4 is 5.32 Å². The number of aromatic nitrogens is 2. The zero-order chi connectivity index (χ0) is 15.3. The summed E-state index contributed by atoms with van der Waals surface area (Å²) < 4.78 is 6.53. The maximum absolute atomic E-state index is 5.56. The van der Waals surface area contributed by atoms with Crippen LogP contribution in [0.2, 0.25) is 0 Å². The summed E-state index contributed by atoms with van der Waals surface area (Å²) in [6.45, 7) is 11.5. The number of anilines is 1. The van der Waals surface area contributed by atoms with Crippen molar-refractivity contribution < 1.29 is 4.74 Å². The Bertz CT molecular complexity index is 435. The Kier molecular flexibility index (Phi) is 6.89. The van der Waals surface area contributed by atoms with Gasteiger partial charge in [-0.05, 0) is 41.1 Å². The minimum Gasteiger partial charge on any atom is -0.373 e. The first-order valence-electron chi connectivity index (χ1n) is 7.23. The molecule has 0 spiro atoms. The molecule has 1 aromatic heterocycles. The first-order valence-corrected chi connectivity index (χ1v) is 8.02. The van der Waals surface area contributed by atoms with E-state index in [1.54, 1.807) is 7.11 Å². The second kappa shape index (κ2) is 7.93. The molecule has 1 rings (SSSR count). The Morgan fingerprint density at radius 3 is 2.30 bits per heavy atom. The highest BCUT2D eigenvalue weighted by molar-refractivity contribution is 9.10. The smallest absolute Gasteiger partial charge is 0.160 e. The van der Waals surface area contributed by atoms with Crippen molar-refractivity contribution in [2.45, 2.75) is 47.1 Å². The lowest BCUT2D eigenvalue weighted by atomic mass is 10.1. The van der Waals surface area contributed by atoms with Crippen LogP contribution in [0.5, 0.6) is 0 Å². The number of hydrogen-bond acceptors (Lipinski definition) is 4. The molecular formula is C15H26BrN3O. The summed E-state index contributed by atoms with van der Waals surface area (Å²) in [5.41, 5.74) is 1.05. The third kappa shape index (κ3) is 4.42. The van der Waals surface area contributed by atoms with Crippen molar-refractivity contribution in [3.8, 4) is 0 Å². The Hall–Kier alpha value is -0.680. The average molecular weight is 344 g/mol. The zero-order valence-corrected chi connectivity index (χ0v) is 14.9. The van der Waals surface area contributed by atoms with Gasteiger partial charge in [0.05, 0.1) is 10.2 Å².